The summed E-state index contributed by atoms with van der Waals surface area (Å²) in [6.45, 7) is 2.06. The number of nitrogens with two attached hydrogens (primary N) is 1. The number of halogens is 2. The van der Waals surface area contributed by atoms with E-state index < -0.39 is 11.9 Å². The van der Waals surface area contributed by atoms with Crippen LogP contribution in [0.5, 0.6) is 11.6 Å². The Balaban J connectivity index is 0.000000283. The predicted molar refractivity (Wildman–Crippen MR) is 161 cm³/mol. The number of fused-ring (bicyclic) bond motifs is 1. The summed E-state index contributed by atoms with van der Waals surface area (Å²) in [4.78, 5) is 30.3. The number of nitrogens with one attached hydrogen (secondary N) is 1. The molecule has 0 amide bonds. The number of aromatic carboxylic acids is 2. The molecule has 0 fully saturated rings. The molecule has 0 spiro atoms. The number of rotatable bonds is 6. The van der Waals surface area contributed by atoms with E-state index in [1.165, 1.54) is 29.8 Å². The van der Waals surface area contributed by atoms with Gasteiger partial charge in [0.05, 0.1) is 11.1 Å². The molecular formula is C29H22Br2N4O5. The van der Waals surface area contributed by atoms with Crippen molar-refractivity contribution in [2.45, 2.75) is 6.92 Å². The lowest BCUT2D eigenvalue weighted by atomic mass is 10.1. The number of nitrogen functional groups attached to an aromatic ring is 1. The molecule has 1 heterocycles. The SMILES string of the molecule is Cc1ccc(Oc2ccnc(Nc3cc(Br)cc(C(=O)O)c3)n2)c2ccccc12.Nc1cc(Br)cc(C(=O)O)c1. The van der Waals surface area contributed by atoms with Crippen molar-refractivity contribution in [3.63, 3.8) is 0 Å². The topological polar surface area (TPSA) is 148 Å². The lowest BCUT2D eigenvalue weighted by molar-refractivity contribution is 0.0686. The minimum absolute atomic E-state index is 0.153. The maximum atomic E-state index is 11.2. The first-order chi connectivity index (χ1) is 19.1. The maximum Gasteiger partial charge on any atom is 0.335 e. The Hall–Kier alpha value is -4.48. The molecule has 9 nitrogen and oxygen atoms in total. The van der Waals surface area contributed by atoms with E-state index in [9.17, 15) is 14.7 Å². The zero-order chi connectivity index (χ0) is 28.8. The molecule has 202 valence electrons. The average Bonchev–Trinajstić information content (AvgIpc) is 2.90. The molecule has 5 rings (SSSR count). The van der Waals surface area contributed by atoms with Gasteiger partial charge in [-0.25, -0.2) is 14.6 Å². The molecule has 11 heteroatoms. The molecule has 1 aromatic heterocycles. The second-order valence-corrected chi connectivity index (χ2v) is 10.3. The van der Waals surface area contributed by atoms with Crippen LogP contribution >= 0.6 is 31.9 Å². The molecule has 0 aliphatic heterocycles. The fourth-order valence-corrected chi connectivity index (χ4v) is 4.74. The number of aryl methyl sites for hydroxylation is 1. The van der Waals surface area contributed by atoms with E-state index in [0.717, 1.165) is 10.8 Å². The molecule has 0 bridgehead atoms. The highest BCUT2D eigenvalue weighted by molar-refractivity contribution is 9.10. The summed E-state index contributed by atoms with van der Waals surface area (Å²) < 4.78 is 7.33. The molecule has 0 radical (unpaired) electrons. The van der Waals surface area contributed by atoms with Crippen molar-refractivity contribution in [3.05, 3.63) is 111 Å². The average molecular weight is 666 g/mol. The minimum atomic E-state index is -1.02. The van der Waals surface area contributed by atoms with Crippen molar-refractivity contribution < 1.29 is 24.5 Å². The smallest absolute Gasteiger partial charge is 0.335 e. The van der Waals surface area contributed by atoms with Crippen LogP contribution in [0.15, 0.2) is 94.0 Å². The van der Waals surface area contributed by atoms with Crippen LogP contribution in [0, 0.1) is 6.92 Å². The van der Waals surface area contributed by atoms with Crippen molar-refractivity contribution in [1.82, 2.24) is 9.97 Å². The number of hydrogen-bond acceptors (Lipinski definition) is 7. The number of benzene rings is 4. The number of ether oxygens (including phenoxy) is 1. The number of carboxylic acids is 2. The number of anilines is 3. The van der Waals surface area contributed by atoms with E-state index >= 15 is 0 Å². The number of carboxylic acid groups (broad SMARTS) is 2. The molecule has 0 saturated heterocycles. The zero-order valence-electron chi connectivity index (χ0n) is 20.9. The molecule has 5 N–H and O–H groups in total. The van der Waals surface area contributed by atoms with Crippen LogP contribution in [-0.4, -0.2) is 32.1 Å². The van der Waals surface area contributed by atoms with Gasteiger partial charge in [-0.3, -0.25) is 0 Å². The van der Waals surface area contributed by atoms with E-state index in [-0.39, 0.29) is 11.1 Å². The largest absolute Gasteiger partial charge is 0.478 e. The van der Waals surface area contributed by atoms with Crippen LogP contribution in [0.1, 0.15) is 26.3 Å². The van der Waals surface area contributed by atoms with Gasteiger partial charge in [0.1, 0.15) is 5.75 Å². The van der Waals surface area contributed by atoms with Crippen LogP contribution in [0.3, 0.4) is 0 Å². The van der Waals surface area contributed by atoms with Gasteiger partial charge in [0.15, 0.2) is 0 Å². The normalized spacial score (nSPS) is 10.4. The number of carbonyl (C=O) groups is 2. The predicted octanol–water partition coefficient (Wildman–Crippen LogP) is 7.66. The highest BCUT2D eigenvalue weighted by atomic mass is 79.9. The Morgan fingerprint density at radius 3 is 2.17 bits per heavy atom. The van der Waals surface area contributed by atoms with Crippen LogP contribution in [0.2, 0.25) is 0 Å². The molecule has 0 aliphatic carbocycles. The molecule has 40 heavy (non-hydrogen) atoms. The summed E-state index contributed by atoms with van der Waals surface area (Å²) in [7, 11) is 0. The first-order valence-corrected chi connectivity index (χ1v) is 13.3. The highest BCUT2D eigenvalue weighted by Crippen LogP contribution is 2.31. The zero-order valence-corrected chi connectivity index (χ0v) is 24.1. The van der Waals surface area contributed by atoms with Gasteiger partial charge >= 0.3 is 11.9 Å². The third-order valence-electron chi connectivity index (χ3n) is 5.51. The third kappa shape index (κ3) is 7.33. The van der Waals surface area contributed by atoms with Crippen LogP contribution < -0.4 is 15.8 Å². The summed E-state index contributed by atoms with van der Waals surface area (Å²) in [6, 6.07) is 23.0. The molecule has 4 aromatic carbocycles. The molecule has 0 atom stereocenters. The summed E-state index contributed by atoms with van der Waals surface area (Å²) in [5.74, 6) is -0.610. The third-order valence-corrected chi connectivity index (χ3v) is 6.43. The van der Waals surface area contributed by atoms with E-state index in [1.54, 1.807) is 24.4 Å². The van der Waals surface area contributed by atoms with Crippen molar-refractivity contribution in [2.24, 2.45) is 0 Å². The van der Waals surface area contributed by atoms with E-state index in [2.05, 4.69) is 60.1 Å². The van der Waals surface area contributed by atoms with Gasteiger partial charge in [0.2, 0.25) is 11.8 Å². The summed E-state index contributed by atoms with van der Waals surface area (Å²) in [5.41, 5.74) is 7.91. The molecular weight excluding hydrogens is 644 g/mol. The number of hydrogen-bond donors (Lipinski definition) is 4. The van der Waals surface area contributed by atoms with Gasteiger partial charge in [0, 0.05) is 38.0 Å². The van der Waals surface area contributed by atoms with Crippen molar-refractivity contribution in [3.8, 4) is 11.6 Å². The van der Waals surface area contributed by atoms with E-state index in [0.29, 0.717) is 37.9 Å². The van der Waals surface area contributed by atoms with Crippen LogP contribution in [-0.2, 0) is 0 Å². The molecule has 0 unspecified atom stereocenters. The lowest BCUT2D eigenvalue weighted by Gasteiger charge is -2.11. The quantitative estimate of drug-likeness (QED) is 0.134. The number of aromatic nitrogens is 2. The standard InChI is InChI=1S/C22H16BrN3O3.C7H6BrNO2/c1-13-6-7-19(18-5-3-2-4-17(13)18)29-20-8-9-24-22(26-20)25-16-11-14(21(27)28)10-15(23)12-16;8-5-1-4(7(10)11)2-6(9)3-5/h2-12H,1H3,(H,27,28)(H,24,25,26);1-3H,9H2,(H,10,11). The number of nitrogens with zero attached hydrogens (tertiary/aromatic N) is 2. The van der Waals surface area contributed by atoms with Crippen molar-refractivity contribution in [1.29, 1.82) is 0 Å². The Kier molecular flexibility index (Phi) is 8.97. The van der Waals surface area contributed by atoms with Gasteiger partial charge < -0.3 is 26.0 Å². The van der Waals surface area contributed by atoms with Gasteiger partial charge in [-0.2, -0.15) is 4.98 Å². The Morgan fingerprint density at radius 1 is 0.850 bits per heavy atom. The van der Waals surface area contributed by atoms with Crippen molar-refractivity contribution >= 4 is 71.9 Å². The first-order valence-electron chi connectivity index (χ1n) is 11.7. The fourth-order valence-electron chi connectivity index (χ4n) is 3.73. The second-order valence-electron chi connectivity index (χ2n) is 8.48. The van der Waals surface area contributed by atoms with Crippen LogP contribution in [0.25, 0.3) is 10.8 Å². The van der Waals surface area contributed by atoms with Gasteiger partial charge in [-0.1, -0.05) is 62.2 Å². The summed E-state index contributed by atoms with van der Waals surface area (Å²) in [5, 5.41) is 22.9. The van der Waals surface area contributed by atoms with Crippen molar-refractivity contribution in [2.75, 3.05) is 11.1 Å². The second kappa shape index (κ2) is 12.6. The van der Waals surface area contributed by atoms with E-state index in [1.807, 2.05) is 30.3 Å². The molecule has 5 aromatic rings. The minimum Gasteiger partial charge on any atom is -0.478 e. The summed E-state index contributed by atoms with van der Waals surface area (Å²) in [6.07, 6.45) is 1.58. The van der Waals surface area contributed by atoms with Gasteiger partial charge in [0.25, 0.3) is 0 Å². The fraction of sp³-hybridized carbons (Fsp3) is 0.0345. The highest BCUT2D eigenvalue weighted by Gasteiger charge is 2.10. The van der Waals surface area contributed by atoms with E-state index in [4.69, 9.17) is 15.6 Å². The Labute approximate surface area is 245 Å². The van der Waals surface area contributed by atoms with Gasteiger partial charge in [-0.15, -0.1) is 0 Å². The van der Waals surface area contributed by atoms with Crippen LogP contribution in [0.4, 0.5) is 17.3 Å². The Bertz CT molecular complexity index is 1710. The Morgan fingerprint density at radius 2 is 1.50 bits per heavy atom. The first kappa shape index (κ1) is 28.5. The van der Waals surface area contributed by atoms with Gasteiger partial charge in [-0.05, 0) is 60.3 Å². The molecule has 0 saturated carbocycles. The monoisotopic (exact) mass is 664 g/mol. The summed E-state index contributed by atoms with van der Waals surface area (Å²) >= 11 is 6.45. The molecule has 0 aliphatic rings. The lowest BCUT2D eigenvalue weighted by Crippen LogP contribution is -2.01. The maximum absolute atomic E-state index is 11.2.